The summed E-state index contributed by atoms with van der Waals surface area (Å²) in [6.45, 7) is 5.23. The van der Waals surface area contributed by atoms with Crippen molar-refractivity contribution in [3.05, 3.63) is 38.4 Å². The maximum atomic E-state index is 12.1. The first-order valence-electron chi connectivity index (χ1n) is 7.66. The van der Waals surface area contributed by atoms with Crippen LogP contribution in [0.1, 0.15) is 33.3 Å². The number of hydrogen-bond acceptors (Lipinski definition) is 7. The lowest BCUT2D eigenvalue weighted by atomic mass is 10.1. The number of rotatable bonds is 7. The molecule has 2 heterocycles. The lowest BCUT2D eigenvalue weighted by molar-refractivity contribution is -0.146. The molecule has 2 aromatic rings. The van der Waals surface area contributed by atoms with Crippen molar-refractivity contribution in [2.75, 3.05) is 18.5 Å². The normalized spacial score (nSPS) is 10.4. The molecule has 134 valence electrons. The van der Waals surface area contributed by atoms with E-state index in [1.54, 1.807) is 13.8 Å². The van der Waals surface area contributed by atoms with Gasteiger partial charge in [0, 0.05) is 4.88 Å². The molecule has 8 heteroatoms. The number of esters is 2. The van der Waals surface area contributed by atoms with Crippen molar-refractivity contribution in [2.24, 2.45) is 0 Å². The van der Waals surface area contributed by atoms with E-state index >= 15 is 0 Å². The quantitative estimate of drug-likeness (QED) is 0.744. The van der Waals surface area contributed by atoms with E-state index in [-0.39, 0.29) is 13.0 Å². The van der Waals surface area contributed by atoms with Crippen molar-refractivity contribution in [3.63, 3.8) is 0 Å². The van der Waals surface area contributed by atoms with Gasteiger partial charge in [-0.2, -0.15) is 11.3 Å². The average molecular weight is 381 g/mol. The second-order valence-corrected chi connectivity index (χ2v) is 7.23. The van der Waals surface area contributed by atoms with Crippen LogP contribution in [0.4, 0.5) is 5.00 Å². The fourth-order valence-corrected chi connectivity index (χ4v) is 3.82. The maximum absolute atomic E-state index is 12.1. The first-order chi connectivity index (χ1) is 11.9. The van der Waals surface area contributed by atoms with E-state index in [0.29, 0.717) is 10.6 Å². The SMILES string of the molecule is CCOC(=O)c1c(NC(=O)COC(=O)Cc2ccsc2)sc(C)c1C. The van der Waals surface area contributed by atoms with Gasteiger partial charge in [0.2, 0.25) is 0 Å². The minimum atomic E-state index is -0.495. The molecule has 1 amide bonds. The smallest absolute Gasteiger partial charge is 0.341 e. The molecular weight excluding hydrogens is 362 g/mol. The van der Waals surface area contributed by atoms with E-state index in [4.69, 9.17) is 9.47 Å². The number of hydrogen-bond donors (Lipinski definition) is 1. The van der Waals surface area contributed by atoms with Crippen LogP contribution in [-0.4, -0.2) is 31.1 Å². The molecule has 1 N–H and O–H groups in total. The van der Waals surface area contributed by atoms with Gasteiger partial charge in [-0.25, -0.2) is 4.79 Å². The highest BCUT2D eigenvalue weighted by Gasteiger charge is 2.22. The topological polar surface area (TPSA) is 81.7 Å². The number of anilines is 1. The second kappa shape index (κ2) is 8.77. The van der Waals surface area contributed by atoms with Crippen molar-refractivity contribution < 1.29 is 23.9 Å². The summed E-state index contributed by atoms with van der Waals surface area (Å²) in [4.78, 5) is 36.7. The molecule has 0 saturated carbocycles. The van der Waals surface area contributed by atoms with Crippen LogP contribution < -0.4 is 5.32 Å². The fourth-order valence-electron chi connectivity index (χ4n) is 2.08. The molecule has 2 rings (SSSR count). The molecule has 6 nitrogen and oxygen atoms in total. The Morgan fingerprint density at radius 1 is 1.20 bits per heavy atom. The molecule has 0 aliphatic rings. The van der Waals surface area contributed by atoms with Crippen molar-refractivity contribution >= 4 is 45.5 Å². The Morgan fingerprint density at radius 2 is 1.96 bits per heavy atom. The Bertz CT molecular complexity index is 764. The summed E-state index contributed by atoms with van der Waals surface area (Å²) in [5, 5.41) is 6.76. The summed E-state index contributed by atoms with van der Waals surface area (Å²) in [5.41, 5.74) is 1.97. The largest absolute Gasteiger partial charge is 0.462 e. The zero-order chi connectivity index (χ0) is 18.4. The average Bonchev–Trinajstić information content (AvgIpc) is 3.14. The molecule has 0 aliphatic heterocycles. The molecule has 0 aliphatic carbocycles. The zero-order valence-electron chi connectivity index (χ0n) is 14.2. The highest BCUT2D eigenvalue weighted by atomic mass is 32.1. The van der Waals surface area contributed by atoms with Crippen LogP contribution >= 0.6 is 22.7 Å². The summed E-state index contributed by atoms with van der Waals surface area (Å²) in [7, 11) is 0. The van der Waals surface area contributed by atoms with Crippen LogP contribution in [0.3, 0.4) is 0 Å². The van der Waals surface area contributed by atoms with E-state index in [2.05, 4.69) is 5.32 Å². The summed E-state index contributed by atoms with van der Waals surface area (Å²) < 4.78 is 10.0. The van der Waals surface area contributed by atoms with Gasteiger partial charge in [-0.3, -0.25) is 9.59 Å². The molecular formula is C17H19NO5S2. The Labute approximate surface area is 153 Å². The van der Waals surface area contributed by atoms with Gasteiger partial charge in [0.05, 0.1) is 18.6 Å². The molecule has 2 aromatic heterocycles. The van der Waals surface area contributed by atoms with Crippen LogP contribution in [0.25, 0.3) is 0 Å². The predicted molar refractivity (Wildman–Crippen MR) is 97.4 cm³/mol. The minimum Gasteiger partial charge on any atom is -0.462 e. The molecule has 25 heavy (non-hydrogen) atoms. The fraction of sp³-hybridized carbons (Fsp3) is 0.353. The highest BCUT2D eigenvalue weighted by Crippen LogP contribution is 2.33. The Kier molecular flexibility index (Phi) is 6.72. The standard InChI is InChI=1S/C17H19NO5S2/c1-4-22-17(21)15-10(2)11(3)25-16(15)18-13(19)8-23-14(20)7-12-5-6-24-9-12/h5-6,9H,4,7-8H2,1-3H3,(H,18,19). The van der Waals surface area contributed by atoms with Gasteiger partial charge in [0.1, 0.15) is 5.00 Å². The summed E-state index contributed by atoms with van der Waals surface area (Å²) in [6.07, 6.45) is 0.127. The van der Waals surface area contributed by atoms with Crippen LogP contribution in [-0.2, 0) is 25.5 Å². The van der Waals surface area contributed by atoms with Gasteiger partial charge >= 0.3 is 11.9 Å². The number of carbonyl (C=O) groups excluding carboxylic acids is 3. The minimum absolute atomic E-state index is 0.127. The first kappa shape index (κ1) is 19.1. The zero-order valence-corrected chi connectivity index (χ0v) is 15.8. The molecule has 0 aromatic carbocycles. The van der Waals surface area contributed by atoms with E-state index in [9.17, 15) is 14.4 Å². The molecule has 0 fully saturated rings. The monoisotopic (exact) mass is 381 g/mol. The Morgan fingerprint density at radius 3 is 2.60 bits per heavy atom. The highest BCUT2D eigenvalue weighted by molar-refractivity contribution is 7.16. The molecule has 0 saturated heterocycles. The van der Waals surface area contributed by atoms with Crippen molar-refractivity contribution in [1.29, 1.82) is 0 Å². The maximum Gasteiger partial charge on any atom is 0.341 e. The molecule has 0 spiro atoms. The first-order valence-corrected chi connectivity index (χ1v) is 9.42. The van der Waals surface area contributed by atoms with Gasteiger partial charge < -0.3 is 14.8 Å². The van der Waals surface area contributed by atoms with E-state index in [1.807, 2.05) is 23.8 Å². The van der Waals surface area contributed by atoms with Gasteiger partial charge in [-0.05, 0) is 48.7 Å². The Hall–Kier alpha value is -2.19. The van der Waals surface area contributed by atoms with Crippen LogP contribution in [0, 0.1) is 13.8 Å². The summed E-state index contributed by atoms with van der Waals surface area (Å²) >= 11 is 2.78. The Balaban J connectivity index is 1.95. The van der Waals surface area contributed by atoms with Crippen LogP contribution in [0.15, 0.2) is 16.8 Å². The van der Waals surface area contributed by atoms with Crippen LogP contribution in [0.5, 0.6) is 0 Å². The summed E-state index contributed by atoms with van der Waals surface area (Å²) in [5.74, 6) is -1.45. The number of nitrogens with one attached hydrogen (secondary N) is 1. The van der Waals surface area contributed by atoms with E-state index in [1.165, 1.54) is 22.7 Å². The van der Waals surface area contributed by atoms with Gasteiger partial charge in [0.25, 0.3) is 5.91 Å². The third kappa shape index (κ3) is 5.14. The van der Waals surface area contributed by atoms with Gasteiger partial charge in [0.15, 0.2) is 6.61 Å². The lowest BCUT2D eigenvalue weighted by Gasteiger charge is -2.08. The number of ether oxygens (including phenoxy) is 2. The number of aryl methyl sites for hydroxylation is 1. The van der Waals surface area contributed by atoms with E-state index < -0.39 is 24.5 Å². The van der Waals surface area contributed by atoms with Crippen molar-refractivity contribution in [3.8, 4) is 0 Å². The molecule has 0 atom stereocenters. The third-order valence-corrected chi connectivity index (χ3v) is 5.27. The number of carbonyl (C=O) groups is 3. The van der Waals surface area contributed by atoms with Crippen molar-refractivity contribution in [1.82, 2.24) is 0 Å². The lowest BCUT2D eigenvalue weighted by Crippen LogP contribution is -2.22. The number of thiophene rings is 2. The second-order valence-electron chi connectivity index (χ2n) is 5.23. The molecule has 0 unspecified atom stereocenters. The number of amides is 1. The molecule has 0 radical (unpaired) electrons. The van der Waals surface area contributed by atoms with E-state index in [0.717, 1.165) is 16.0 Å². The third-order valence-electron chi connectivity index (χ3n) is 3.41. The predicted octanol–water partition coefficient (Wildman–Crippen LogP) is 3.33. The molecule has 0 bridgehead atoms. The summed E-state index contributed by atoms with van der Waals surface area (Å²) in [6, 6.07) is 1.83. The van der Waals surface area contributed by atoms with Gasteiger partial charge in [-0.15, -0.1) is 11.3 Å². The van der Waals surface area contributed by atoms with Gasteiger partial charge in [-0.1, -0.05) is 0 Å². The van der Waals surface area contributed by atoms with Crippen molar-refractivity contribution in [2.45, 2.75) is 27.2 Å². The van der Waals surface area contributed by atoms with Crippen LogP contribution in [0.2, 0.25) is 0 Å².